The highest BCUT2D eigenvalue weighted by Gasteiger charge is 2.33. The molecule has 0 aromatic heterocycles. The minimum atomic E-state index is -0.169. The first-order chi connectivity index (χ1) is 9.13. The van der Waals surface area contributed by atoms with E-state index in [1.807, 2.05) is 4.90 Å². The molecule has 2 aliphatic rings. The third kappa shape index (κ3) is 3.46. The third-order valence-corrected chi connectivity index (χ3v) is 4.25. The van der Waals surface area contributed by atoms with E-state index in [-0.39, 0.29) is 25.2 Å². The second-order valence-electron chi connectivity index (χ2n) is 5.88. The number of likely N-dealkylation sites (tertiary alicyclic amines) is 1. The average Bonchev–Trinajstić information content (AvgIpc) is 2.41. The van der Waals surface area contributed by atoms with Gasteiger partial charge in [0.25, 0.3) is 0 Å². The van der Waals surface area contributed by atoms with E-state index in [2.05, 4.69) is 18.7 Å². The van der Waals surface area contributed by atoms with Gasteiger partial charge >= 0.3 is 0 Å². The van der Waals surface area contributed by atoms with Crippen molar-refractivity contribution in [2.24, 2.45) is 0 Å². The topological polar surface area (TPSA) is 53.0 Å². The number of carbonyl (C=O) groups excluding carboxylic acids is 1. The minimum absolute atomic E-state index is 0.0135. The number of rotatable bonds is 4. The summed E-state index contributed by atoms with van der Waals surface area (Å²) in [5.41, 5.74) is 0. The summed E-state index contributed by atoms with van der Waals surface area (Å²) >= 11 is 0. The van der Waals surface area contributed by atoms with Crippen LogP contribution >= 0.6 is 0 Å². The highest BCUT2D eigenvalue weighted by Crippen LogP contribution is 2.22. The molecule has 0 bridgehead atoms. The zero-order chi connectivity index (χ0) is 13.8. The second kappa shape index (κ2) is 6.68. The molecular formula is C14H26N2O3. The first kappa shape index (κ1) is 14.8. The van der Waals surface area contributed by atoms with Crippen molar-refractivity contribution < 1.29 is 14.6 Å². The molecule has 110 valence electrons. The molecule has 2 saturated heterocycles. The average molecular weight is 270 g/mol. The number of piperidine rings is 1. The molecule has 0 aliphatic carbocycles. The Labute approximate surface area is 115 Å². The monoisotopic (exact) mass is 270 g/mol. The van der Waals surface area contributed by atoms with E-state index in [9.17, 15) is 9.90 Å². The summed E-state index contributed by atoms with van der Waals surface area (Å²) in [6.07, 6.45) is 3.62. The van der Waals surface area contributed by atoms with Crippen LogP contribution in [0.2, 0.25) is 0 Å². The summed E-state index contributed by atoms with van der Waals surface area (Å²) in [7, 11) is 0. The predicted octanol–water partition coefficient (Wildman–Crippen LogP) is 0.469. The summed E-state index contributed by atoms with van der Waals surface area (Å²) in [6, 6.07) is 0.760. The zero-order valence-corrected chi connectivity index (χ0v) is 12.0. The van der Waals surface area contributed by atoms with Crippen LogP contribution in [0.5, 0.6) is 0 Å². The Morgan fingerprint density at radius 1 is 1.37 bits per heavy atom. The lowest BCUT2D eigenvalue weighted by Crippen LogP contribution is -2.57. The maximum absolute atomic E-state index is 12.0. The van der Waals surface area contributed by atoms with E-state index in [1.54, 1.807) is 0 Å². The van der Waals surface area contributed by atoms with E-state index in [0.29, 0.717) is 18.7 Å². The Bertz CT molecular complexity index is 309. The van der Waals surface area contributed by atoms with Gasteiger partial charge in [-0.3, -0.25) is 9.69 Å². The smallest absolute Gasteiger partial charge is 0.249 e. The van der Waals surface area contributed by atoms with Gasteiger partial charge < -0.3 is 14.7 Å². The third-order valence-electron chi connectivity index (χ3n) is 4.25. The van der Waals surface area contributed by atoms with Crippen molar-refractivity contribution in [2.45, 2.75) is 51.2 Å². The maximum Gasteiger partial charge on any atom is 0.249 e. The molecule has 5 heteroatoms. The highest BCUT2D eigenvalue weighted by atomic mass is 16.5. The van der Waals surface area contributed by atoms with Crippen LogP contribution < -0.4 is 0 Å². The summed E-state index contributed by atoms with van der Waals surface area (Å²) < 4.78 is 5.21. The van der Waals surface area contributed by atoms with Gasteiger partial charge in [0.2, 0.25) is 5.91 Å². The fourth-order valence-electron chi connectivity index (χ4n) is 3.19. The highest BCUT2D eigenvalue weighted by molar-refractivity contribution is 5.78. The molecule has 0 spiro atoms. The molecular weight excluding hydrogens is 244 g/mol. The largest absolute Gasteiger partial charge is 0.394 e. The summed E-state index contributed by atoms with van der Waals surface area (Å²) in [4.78, 5) is 16.3. The van der Waals surface area contributed by atoms with Crippen LogP contribution in [-0.2, 0) is 9.53 Å². The number of aliphatic hydroxyl groups is 1. The normalized spacial score (nSPS) is 30.1. The Balaban J connectivity index is 2.02. The Kier molecular flexibility index (Phi) is 5.19. The van der Waals surface area contributed by atoms with Gasteiger partial charge in [0.1, 0.15) is 6.61 Å². The summed E-state index contributed by atoms with van der Waals surface area (Å²) in [6.45, 7) is 6.86. The lowest BCUT2D eigenvalue weighted by atomic mass is 9.99. The van der Waals surface area contributed by atoms with Crippen LogP contribution in [-0.4, -0.2) is 71.8 Å². The summed E-state index contributed by atoms with van der Waals surface area (Å²) in [5.74, 6) is 0.0135. The predicted molar refractivity (Wildman–Crippen MR) is 72.9 cm³/mol. The fraction of sp³-hybridized carbons (Fsp3) is 0.929. The number of aliphatic hydroxyl groups excluding tert-OH is 1. The Hall–Kier alpha value is -0.650. The van der Waals surface area contributed by atoms with Crippen molar-refractivity contribution in [1.29, 1.82) is 0 Å². The molecule has 2 rings (SSSR count). The van der Waals surface area contributed by atoms with E-state index in [0.717, 1.165) is 19.5 Å². The van der Waals surface area contributed by atoms with E-state index < -0.39 is 0 Å². The van der Waals surface area contributed by atoms with Gasteiger partial charge in [-0.25, -0.2) is 0 Å². The Morgan fingerprint density at radius 2 is 2.16 bits per heavy atom. The first-order valence-corrected chi connectivity index (χ1v) is 7.37. The minimum Gasteiger partial charge on any atom is -0.394 e. The van der Waals surface area contributed by atoms with Crippen molar-refractivity contribution in [3.05, 3.63) is 0 Å². The molecule has 0 aromatic rings. The molecule has 2 unspecified atom stereocenters. The van der Waals surface area contributed by atoms with E-state index in [4.69, 9.17) is 4.74 Å². The maximum atomic E-state index is 12.0. The summed E-state index contributed by atoms with van der Waals surface area (Å²) in [5, 5.41) is 9.40. The number of carbonyl (C=O) groups is 1. The Morgan fingerprint density at radius 3 is 2.84 bits per heavy atom. The second-order valence-corrected chi connectivity index (χ2v) is 5.88. The van der Waals surface area contributed by atoms with Gasteiger partial charge in [0.15, 0.2) is 0 Å². The van der Waals surface area contributed by atoms with Crippen LogP contribution in [0.25, 0.3) is 0 Å². The molecule has 19 heavy (non-hydrogen) atoms. The molecule has 0 radical (unpaired) electrons. The van der Waals surface area contributed by atoms with Gasteiger partial charge in [-0.1, -0.05) is 6.42 Å². The van der Waals surface area contributed by atoms with Crippen molar-refractivity contribution in [2.75, 3.05) is 32.9 Å². The van der Waals surface area contributed by atoms with Crippen molar-refractivity contribution in [3.8, 4) is 0 Å². The SMILES string of the molecule is CC(C)N1CCCCC1CN1C(=O)COCC1CO. The number of ether oxygens (including phenoxy) is 1. The standard InChI is InChI=1S/C14H26N2O3/c1-11(2)15-6-4-3-5-12(15)7-16-13(8-17)9-19-10-14(16)18/h11-13,17H,3-10H2,1-2H3. The lowest BCUT2D eigenvalue weighted by molar-refractivity contribution is -0.151. The van der Waals surface area contributed by atoms with Crippen molar-refractivity contribution in [3.63, 3.8) is 0 Å². The van der Waals surface area contributed by atoms with Crippen LogP contribution in [0, 0.1) is 0 Å². The van der Waals surface area contributed by atoms with Crippen LogP contribution in [0.3, 0.4) is 0 Å². The van der Waals surface area contributed by atoms with Gasteiger partial charge in [-0.05, 0) is 33.2 Å². The molecule has 0 aromatic carbocycles. The van der Waals surface area contributed by atoms with Crippen LogP contribution in [0.4, 0.5) is 0 Å². The molecule has 2 atom stereocenters. The number of nitrogens with zero attached hydrogens (tertiary/aromatic N) is 2. The lowest BCUT2D eigenvalue weighted by Gasteiger charge is -2.43. The van der Waals surface area contributed by atoms with Crippen molar-refractivity contribution in [1.82, 2.24) is 9.80 Å². The fourth-order valence-corrected chi connectivity index (χ4v) is 3.19. The van der Waals surface area contributed by atoms with Gasteiger partial charge in [0, 0.05) is 18.6 Å². The quantitative estimate of drug-likeness (QED) is 0.807. The zero-order valence-electron chi connectivity index (χ0n) is 12.0. The molecule has 1 amide bonds. The molecule has 5 nitrogen and oxygen atoms in total. The number of morpholine rings is 1. The number of hydrogen-bond acceptors (Lipinski definition) is 4. The van der Waals surface area contributed by atoms with E-state index in [1.165, 1.54) is 12.8 Å². The van der Waals surface area contributed by atoms with Crippen molar-refractivity contribution >= 4 is 5.91 Å². The molecule has 2 aliphatic heterocycles. The first-order valence-electron chi connectivity index (χ1n) is 7.37. The molecule has 2 fully saturated rings. The van der Waals surface area contributed by atoms with Gasteiger partial charge in [0.05, 0.1) is 19.3 Å². The van der Waals surface area contributed by atoms with Crippen LogP contribution in [0.1, 0.15) is 33.1 Å². The van der Waals surface area contributed by atoms with Gasteiger partial charge in [-0.2, -0.15) is 0 Å². The molecule has 1 N–H and O–H groups in total. The molecule has 2 heterocycles. The van der Waals surface area contributed by atoms with Gasteiger partial charge in [-0.15, -0.1) is 0 Å². The number of amides is 1. The number of hydrogen-bond donors (Lipinski definition) is 1. The van der Waals surface area contributed by atoms with E-state index >= 15 is 0 Å². The molecule has 0 saturated carbocycles. The van der Waals surface area contributed by atoms with Crippen LogP contribution in [0.15, 0.2) is 0 Å².